The summed E-state index contributed by atoms with van der Waals surface area (Å²) < 4.78 is 0. The highest BCUT2D eigenvalue weighted by Gasteiger charge is 2.12. The van der Waals surface area contributed by atoms with Crippen molar-refractivity contribution in [3.8, 4) is 0 Å². The molecule has 0 aliphatic rings. The second-order valence-electron chi connectivity index (χ2n) is 5.51. The smallest absolute Gasteiger partial charge is 0.224 e. The number of para-hydroxylation sites is 1. The maximum atomic E-state index is 12.1. The number of likely N-dealkylation sites (N-methyl/N-ethyl adjacent to an activating group) is 1. The zero-order valence-electron chi connectivity index (χ0n) is 13.2. The summed E-state index contributed by atoms with van der Waals surface area (Å²) in [6.07, 6.45) is 0.248. The molecule has 2 rings (SSSR count). The van der Waals surface area contributed by atoms with Crippen LogP contribution in [0.15, 0.2) is 48.5 Å². The second kappa shape index (κ2) is 8.23. The van der Waals surface area contributed by atoms with Crippen molar-refractivity contribution in [2.75, 3.05) is 18.5 Å². The molecule has 1 N–H and O–H groups in total. The van der Waals surface area contributed by atoms with Crippen LogP contribution in [0, 0.1) is 0 Å². The molecule has 0 aliphatic carbocycles. The van der Waals surface area contributed by atoms with Crippen LogP contribution < -0.4 is 10.2 Å². The summed E-state index contributed by atoms with van der Waals surface area (Å²) in [6, 6.07) is 15.4. The van der Waals surface area contributed by atoms with E-state index in [1.54, 1.807) is 18.2 Å². The van der Waals surface area contributed by atoms with E-state index < -0.39 is 0 Å². The molecule has 23 heavy (non-hydrogen) atoms. The van der Waals surface area contributed by atoms with E-state index in [2.05, 4.69) is 17.1 Å². The number of nitrogens with one attached hydrogen (secondary N) is 1. The zero-order valence-corrected chi connectivity index (χ0v) is 14.7. The Hall–Kier alpha value is -1.71. The SMILES string of the molecule is CC(CNC(=O)Cc1ccc(Cl)cc1Cl)N(C)c1ccccc1. The summed E-state index contributed by atoms with van der Waals surface area (Å²) >= 11 is 12.0. The lowest BCUT2D eigenvalue weighted by molar-refractivity contribution is -0.120. The van der Waals surface area contributed by atoms with Crippen LogP contribution in [0.4, 0.5) is 5.69 Å². The molecule has 5 heteroatoms. The molecule has 0 spiro atoms. The van der Waals surface area contributed by atoms with Gasteiger partial charge in [-0.25, -0.2) is 0 Å². The number of hydrogen-bond donors (Lipinski definition) is 1. The first-order chi connectivity index (χ1) is 11.0. The van der Waals surface area contributed by atoms with E-state index in [0.717, 1.165) is 11.3 Å². The molecule has 0 saturated heterocycles. The van der Waals surface area contributed by atoms with Crippen molar-refractivity contribution in [3.05, 3.63) is 64.1 Å². The number of rotatable bonds is 6. The van der Waals surface area contributed by atoms with Crippen molar-refractivity contribution < 1.29 is 4.79 Å². The van der Waals surface area contributed by atoms with Crippen LogP contribution >= 0.6 is 23.2 Å². The molecule has 0 heterocycles. The van der Waals surface area contributed by atoms with E-state index in [-0.39, 0.29) is 18.4 Å². The third kappa shape index (κ3) is 5.15. The summed E-state index contributed by atoms with van der Waals surface area (Å²) in [7, 11) is 2.02. The van der Waals surface area contributed by atoms with Crippen LogP contribution in [0.3, 0.4) is 0 Å². The molecule has 1 atom stereocenters. The lowest BCUT2D eigenvalue weighted by Crippen LogP contribution is -2.40. The minimum absolute atomic E-state index is 0.0532. The molecule has 122 valence electrons. The molecule has 0 fully saturated rings. The van der Waals surface area contributed by atoms with Crippen LogP contribution in [0.5, 0.6) is 0 Å². The zero-order chi connectivity index (χ0) is 16.8. The van der Waals surface area contributed by atoms with Crippen LogP contribution in [0.1, 0.15) is 12.5 Å². The molecule has 0 saturated carbocycles. The van der Waals surface area contributed by atoms with Gasteiger partial charge in [0.05, 0.1) is 6.42 Å². The van der Waals surface area contributed by atoms with Gasteiger partial charge in [-0.3, -0.25) is 4.79 Å². The average Bonchev–Trinajstić information content (AvgIpc) is 2.55. The Morgan fingerprint density at radius 2 is 1.87 bits per heavy atom. The number of nitrogens with zero attached hydrogens (tertiary/aromatic N) is 1. The fourth-order valence-corrected chi connectivity index (χ4v) is 2.69. The molecule has 2 aromatic carbocycles. The van der Waals surface area contributed by atoms with E-state index in [1.807, 2.05) is 37.4 Å². The number of carbonyl (C=O) groups is 1. The first-order valence-corrected chi connectivity index (χ1v) is 8.21. The monoisotopic (exact) mass is 350 g/mol. The topological polar surface area (TPSA) is 32.3 Å². The highest BCUT2D eigenvalue weighted by atomic mass is 35.5. The van der Waals surface area contributed by atoms with Gasteiger partial charge < -0.3 is 10.2 Å². The van der Waals surface area contributed by atoms with E-state index >= 15 is 0 Å². The molecule has 0 aromatic heterocycles. The van der Waals surface area contributed by atoms with Gasteiger partial charge in [0.1, 0.15) is 0 Å². The van der Waals surface area contributed by atoms with Crippen LogP contribution in [-0.2, 0) is 11.2 Å². The van der Waals surface area contributed by atoms with Gasteiger partial charge in [-0.2, -0.15) is 0 Å². The Labute approximate surface area is 147 Å². The van der Waals surface area contributed by atoms with Gasteiger partial charge in [0.2, 0.25) is 5.91 Å². The normalized spacial score (nSPS) is 11.8. The number of hydrogen-bond acceptors (Lipinski definition) is 2. The molecule has 1 amide bonds. The van der Waals surface area contributed by atoms with E-state index in [9.17, 15) is 4.79 Å². The lowest BCUT2D eigenvalue weighted by atomic mass is 10.1. The Morgan fingerprint density at radius 3 is 2.52 bits per heavy atom. The number of anilines is 1. The minimum atomic E-state index is -0.0532. The molecule has 0 radical (unpaired) electrons. The van der Waals surface area contributed by atoms with Crippen molar-refractivity contribution >= 4 is 34.8 Å². The van der Waals surface area contributed by atoms with Crippen molar-refractivity contribution in [3.63, 3.8) is 0 Å². The first-order valence-electron chi connectivity index (χ1n) is 7.46. The van der Waals surface area contributed by atoms with Gasteiger partial charge in [-0.1, -0.05) is 47.5 Å². The maximum absolute atomic E-state index is 12.1. The quantitative estimate of drug-likeness (QED) is 0.847. The number of halogens is 2. The van der Waals surface area contributed by atoms with Gasteiger partial charge in [0.25, 0.3) is 0 Å². The fourth-order valence-electron chi connectivity index (χ4n) is 2.22. The molecule has 0 bridgehead atoms. The summed E-state index contributed by atoms with van der Waals surface area (Å²) in [5.41, 5.74) is 1.90. The molecule has 0 aliphatic heterocycles. The summed E-state index contributed by atoms with van der Waals surface area (Å²) in [4.78, 5) is 14.2. The number of amides is 1. The summed E-state index contributed by atoms with van der Waals surface area (Å²) in [5.74, 6) is -0.0532. The van der Waals surface area contributed by atoms with Crippen molar-refractivity contribution in [2.45, 2.75) is 19.4 Å². The third-order valence-electron chi connectivity index (χ3n) is 3.79. The highest BCUT2D eigenvalue weighted by Crippen LogP contribution is 2.21. The van der Waals surface area contributed by atoms with Crippen LogP contribution in [0.25, 0.3) is 0 Å². The largest absolute Gasteiger partial charge is 0.370 e. The molecular formula is C18H20Cl2N2O. The van der Waals surface area contributed by atoms with Crippen molar-refractivity contribution in [1.82, 2.24) is 5.32 Å². The summed E-state index contributed by atoms with van der Waals surface area (Å²) in [6.45, 7) is 2.64. The van der Waals surface area contributed by atoms with E-state index in [4.69, 9.17) is 23.2 Å². The Kier molecular flexibility index (Phi) is 6.31. The third-order valence-corrected chi connectivity index (χ3v) is 4.37. The first kappa shape index (κ1) is 17.6. The van der Waals surface area contributed by atoms with Gasteiger partial charge in [0.15, 0.2) is 0 Å². The highest BCUT2D eigenvalue weighted by molar-refractivity contribution is 6.35. The molecule has 2 aromatic rings. The Morgan fingerprint density at radius 1 is 1.17 bits per heavy atom. The number of carbonyl (C=O) groups excluding carboxylic acids is 1. The molecular weight excluding hydrogens is 331 g/mol. The maximum Gasteiger partial charge on any atom is 0.224 e. The fraction of sp³-hybridized carbons (Fsp3) is 0.278. The van der Waals surface area contributed by atoms with Gasteiger partial charge >= 0.3 is 0 Å². The minimum Gasteiger partial charge on any atom is -0.370 e. The van der Waals surface area contributed by atoms with Crippen molar-refractivity contribution in [2.24, 2.45) is 0 Å². The summed E-state index contributed by atoms with van der Waals surface area (Å²) in [5, 5.41) is 4.03. The lowest BCUT2D eigenvalue weighted by Gasteiger charge is -2.27. The Bertz CT molecular complexity index is 661. The predicted molar refractivity (Wildman–Crippen MR) is 97.5 cm³/mol. The van der Waals surface area contributed by atoms with Gasteiger partial charge in [-0.05, 0) is 36.8 Å². The van der Waals surface area contributed by atoms with E-state index in [1.165, 1.54) is 0 Å². The van der Waals surface area contributed by atoms with Crippen molar-refractivity contribution in [1.29, 1.82) is 0 Å². The van der Waals surface area contributed by atoms with E-state index in [0.29, 0.717) is 16.6 Å². The molecule has 1 unspecified atom stereocenters. The molecule has 3 nitrogen and oxygen atoms in total. The number of benzene rings is 2. The Balaban J connectivity index is 1.86. The average molecular weight is 351 g/mol. The van der Waals surface area contributed by atoms with Crippen LogP contribution in [0.2, 0.25) is 10.0 Å². The second-order valence-corrected chi connectivity index (χ2v) is 6.36. The standard InChI is InChI=1S/C18H20Cl2N2O/c1-13(22(2)16-6-4-3-5-7-16)12-21-18(23)10-14-8-9-15(19)11-17(14)20/h3-9,11,13H,10,12H2,1-2H3,(H,21,23). The van der Waals surface area contributed by atoms with Gasteiger partial charge in [-0.15, -0.1) is 0 Å². The predicted octanol–water partition coefficient (Wildman–Crippen LogP) is 4.18. The van der Waals surface area contributed by atoms with Gasteiger partial charge in [0, 0.05) is 35.4 Å². The van der Waals surface area contributed by atoms with Crippen LogP contribution in [-0.4, -0.2) is 25.5 Å².